The first kappa shape index (κ1) is 18.8. The molecular weight excluding hydrogens is 300 g/mol. The van der Waals surface area contributed by atoms with Crippen molar-refractivity contribution < 1.29 is 9.90 Å². The van der Waals surface area contributed by atoms with Gasteiger partial charge in [-0.15, -0.1) is 0 Å². The standard InChI is InChI=1S/C20H32N2O2/c1-13(2)16-7-8-18(17(9-16)14(3)4)21-19(24)22-10-15(5)20(6,11-22)12-23/h7-9,13-15,23H,10-12H2,1-6H3,(H,21,24). The second kappa shape index (κ2) is 7.14. The van der Waals surface area contributed by atoms with Crippen LogP contribution in [0.3, 0.4) is 0 Å². The van der Waals surface area contributed by atoms with Crippen molar-refractivity contribution in [1.82, 2.24) is 4.90 Å². The second-order valence-corrected chi connectivity index (χ2v) is 8.18. The van der Waals surface area contributed by atoms with Crippen LogP contribution in [0.25, 0.3) is 0 Å². The Kier molecular flexibility index (Phi) is 5.59. The van der Waals surface area contributed by atoms with Crippen LogP contribution in [0.5, 0.6) is 0 Å². The molecule has 4 heteroatoms. The summed E-state index contributed by atoms with van der Waals surface area (Å²) in [6.45, 7) is 14.2. The molecule has 2 atom stereocenters. The fourth-order valence-electron chi connectivity index (χ4n) is 3.29. The third-order valence-corrected chi connectivity index (χ3v) is 5.49. The summed E-state index contributed by atoms with van der Waals surface area (Å²) in [4.78, 5) is 14.5. The summed E-state index contributed by atoms with van der Waals surface area (Å²) in [5.41, 5.74) is 3.15. The van der Waals surface area contributed by atoms with Crippen molar-refractivity contribution in [3.63, 3.8) is 0 Å². The number of benzene rings is 1. The fraction of sp³-hybridized carbons (Fsp3) is 0.650. The zero-order valence-corrected chi connectivity index (χ0v) is 15.9. The van der Waals surface area contributed by atoms with Crippen molar-refractivity contribution in [3.8, 4) is 0 Å². The van der Waals surface area contributed by atoms with Crippen molar-refractivity contribution in [2.45, 2.75) is 53.4 Å². The van der Waals surface area contributed by atoms with Gasteiger partial charge in [-0.2, -0.15) is 0 Å². The Balaban J connectivity index is 2.18. The molecule has 2 unspecified atom stereocenters. The number of anilines is 1. The van der Waals surface area contributed by atoms with Crippen LogP contribution in [0.2, 0.25) is 0 Å². The number of aliphatic hydroxyl groups excluding tert-OH is 1. The number of hydrogen-bond acceptors (Lipinski definition) is 2. The molecule has 0 bridgehead atoms. The number of hydrogen-bond donors (Lipinski definition) is 2. The van der Waals surface area contributed by atoms with E-state index in [2.05, 4.69) is 52.1 Å². The Morgan fingerprint density at radius 3 is 2.50 bits per heavy atom. The average Bonchev–Trinajstić information content (AvgIpc) is 2.83. The Hall–Kier alpha value is -1.55. The van der Waals surface area contributed by atoms with Gasteiger partial charge < -0.3 is 15.3 Å². The highest BCUT2D eigenvalue weighted by Crippen LogP contribution is 2.35. The number of nitrogens with one attached hydrogen (secondary N) is 1. The van der Waals surface area contributed by atoms with Crippen molar-refractivity contribution in [3.05, 3.63) is 29.3 Å². The minimum atomic E-state index is -0.209. The van der Waals surface area contributed by atoms with Gasteiger partial charge in [0, 0.05) is 24.2 Å². The van der Waals surface area contributed by atoms with E-state index in [1.807, 2.05) is 17.9 Å². The molecule has 0 spiro atoms. The molecule has 1 aliphatic rings. The first-order valence-corrected chi connectivity index (χ1v) is 8.98. The lowest BCUT2D eigenvalue weighted by Crippen LogP contribution is -2.36. The minimum Gasteiger partial charge on any atom is -0.396 e. The summed E-state index contributed by atoms with van der Waals surface area (Å²) in [6, 6.07) is 6.25. The lowest BCUT2D eigenvalue weighted by molar-refractivity contribution is 0.119. The molecule has 0 radical (unpaired) electrons. The van der Waals surface area contributed by atoms with E-state index in [9.17, 15) is 9.90 Å². The monoisotopic (exact) mass is 332 g/mol. The largest absolute Gasteiger partial charge is 0.396 e. The van der Waals surface area contributed by atoms with E-state index >= 15 is 0 Å². The summed E-state index contributed by atoms with van der Waals surface area (Å²) in [5, 5.41) is 12.7. The van der Waals surface area contributed by atoms with Gasteiger partial charge in [-0.25, -0.2) is 4.79 Å². The lowest BCUT2D eigenvalue weighted by atomic mass is 9.82. The van der Waals surface area contributed by atoms with Gasteiger partial charge in [0.15, 0.2) is 0 Å². The molecule has 2 rings (SSSR count). The molecule has 1 aliphatic heterocycles. The SMILES string of the molecule is CC(C)c1ccc(NC(=O)N2CC(C)C(C)(CO)C2)c(C(C)C)c1. The van der Waals surface area contributed by atoms with E-state index in [1.54, 1.807) is 0 Å². The van der Waals surface area contributed by atoms with Crippen LogP contribution in [0.1, 0.15) is 64.5 Å². The predicted molar refractivity (Wildman–Crippen MR) is 99.6 cm³/mol. The minimum absolute atomic E-state index is 0.0711. The Labute approximate surface area is 146 Å². The molecule has 1 aromatic carbocycles. The van der Waals surface area contributed by atoms with E-state index in [0.717, 1.165) is 5.69 Å². The third kappa shape index (κ3) is 3.75. The van der Waals surface area contributed by atoms with Crippen LogP contribution in [-0.4, -0.2) is 35.7 Å². The van der Waals surface area contributed by atoms with Crippen LogP contribution in [0.4, 0.5) is 10.5 Å². The highest BCUT2D eigenvalue weighted by atomic mass is 16.3. The topological polar surface area (TPSA) is 52.6 Å². The molecule has 2 amide bonds. The van der Waals surface area contributed by atoms with Gasteiger partial charge in [0.2, 0.25) is 0 Å². The Bertz CT molecular complexity index is 597. The second-order valence-electron chi connectivity index (χ2n) is 8.18. The molecule has 1 heterocycles. The van der Waals surface area contributed by atoms with Gasteiger partial charge in [0.25, 0.3) is 0 Å². The van der Waals surface area contributed by atoms with E-state index in [0.29, 0.717) is 30.8 Å². The normalized spacial score (nSPS) is 24.0. The molecule has 1 aromatic rings. The number of carbonyl (C=O) groups excluding carboxylic acids is 1. The first-order chi connectivity index (χ1) is 11.2. The van der Waals surface area contributed by atoms with E-state index in [1.165, 1.54) is 11.1 Å². The lowest BCUT2D eigenvalue weighted by Gasteiger charge is -2.25. The van der Waals surface area contributed by atoms with Crippen molar-refractivity contribution in [2.75, 3.05) is 25.0 Å². The summed E-state index contributed by atoms with van der Waals surface area (Å²) in [7, 11) is 0. The molecule has 0 aromatic heterocycles. The quantitative estimate of drug-likeness (QED) is 0.858. The molecule has 1 saturated heterocycles. The van der Waals surface area contributed by atoms with Crippen LogP contribution < -0.4 is 5.32 Å². The van der Waals surface area contributed by atoms with Gasteiger partial charge in [0.1, 0.15) is 0 Å². The molecule has 0 saturated carbocycles. The first-order valence-electron chi connectivity index (χ1n) is 8.98. The number of urea groups is 1. The number of rotatable bonds is 4. The molecular formula is C20H32N2O2. The number of carbonyl (C=O) groups is 1. The molecule has 134 valence electrons. The number of amides is 2. The van der Waals surface area contributed by atoms with Gasteiger partial charge in [-0.05, 0) is 34.9 Å². The smallest absolute Gasteiger partial charge is 0.321 e. The van der Waals surface area contributed by atoms with Gasteiger partial charge >= 0.3 is 6.03 Å². The van der Waals surface area contributed by atoms with Crippen LogP contribution in [0.15, 0.2) is 18.2 Å². The fourth-order valence-corrected chi connectivity index (χ4v) is 3.29. The van der Waals surface area contributed by atoms with Gasteiger partial charge in [-0.1, -0.05) is 53.7 Å². The van der Waals surface area contributed by atoms with Gasteiger partial charge in [-0.3, -0.25) is 0 Å². The molecule has 24 heavy (non-hydrogen) atoms. The number of nitrogens with zero attached hydrogens (tertiary/aromatic N) is 1. The van der Waals surface area contributed by atoms with Crippen molar-refractivity contribution >= 4 is 11.7 Å². The van der Waals surface area contributed by atoms with Crippen LogP contribution >= 0.6 is 0 Å². The van der Waals surface area contributed by atoms with E-state index in [-0.39, 0.29) is 18.1 Å². The van der Waals surface area contributed by atoms with E-state index < -0.39 is 0 Å². The van der Waals surface area contributed by atoms with Gasteiger partial charge in [0.05, 0.1) is 6.61 Å². The third-order valence-electron chi connectivity index (χ3n) is 5.49. The molecule has 2 N–H and O–H groups in total. The average molecular weight is 332 g/mol. The summed E-state index contributed by atoms with van der Waals surface area (Å²) in [6.07, 6.45) is 0. The highest BCUT2D eigenvalue weighted by molar-refractivity contribution is 5.90. The summed E-state index contributed by atoms with van der Waals surface area (Å²) >= 11 is 0. The Morgan fingerprint density at radius 1 is 1.33 bits per heavy atom. The zero-order chi connectivity index (χ0) is 18.1. The maximum Gasteiger partial charge on any atom is 0.321 e. The summed E-state index contributed by atoms with van der Waals surface area (Å²) < 4.78 is 0. The molecule has 1 fully saturated rings. The maximum atomic E-state index is 12.7. The maximum absolute atomic E-state index is 12.7. The zero-order valence-electron chi connectivity index (χ0n) is 15.9. The van der Waals surface area contributed by atoms with E-state index in [4.69, 9.17) is 0 Å². The summed E-state index contributed by atoms with van der Waals surface area (Å²) in [5.74, 6) is 1.11. The van der Waals surface area contributed by atoms with Crippen LogP contribution in [0, 0.1) is 11.3 Å². The number of likely N-dealkylation sites (tertiary alicyclic amines) is 1. The Morgan fingerprint density at radius 2 is 2.00 bits per heavy atom. The highest BCUT2D eigenvalue weighted by Gasteiger charge is 2.41. The molecule has 4 nitrogen and oxygen atoms in total. The van der Waals surface area contributed by atoms with Crippen molar-refractivity contribution in [2.24, 2.45) is 11.3 Å². The molecule has 0 aliphatic carbocycles. The van der Waals surface area contributed by atoms with Crippen LogP contribution in [-0.2, 0) is 0 Å². The predicted octanol–water partition coefficient (Wildman–Crippen LogP) is 4.42. The van der Waals surface area contributed by atoms with Crippen molar-refractivity contribution in [1.29, 1.82) is 0 Å². The number of aliphatic hydroxyl groups is 1.